The third-order valence-corrected chi connectivity index (χ3v) is 1.49. The summed E-state index contributed by atoms with van der Waals surface area (Å²) in [5, 5.41) is 3.34. The molecule has 0 aliphatic rings. The van der Waals surface area contributed by atoms with Crippen molar-refractivity contribution in [2.45, 2.75) is 26.4 Å². The average molecular weight is 148 g/mol. The molecule has 0 unspecified atom stereocenters. The molecule has 0 heterocycles. The molecule has 1 radical (unpaired) electrons. The summed E-state index contributed by atoms with van der Waals surface area (Å²) in [5.41, 5.74) is 1.29. The fourth-order valence-corrected chi connectivity index (χ4v) is 0.862. The molecule has 1 aromatic carbocycles. The minimum atomic E-state index is 0.551. The van der Waals surface area contributed by atoms with Crippen LogP contribution in [0.15, 0.2) is 24.3 Å². The molecule has 0 aromatic heterocycles. The van der Waals surface area contributed by atoms with Crippen LogP contribution in [0.3, 0.4) is 0 Å². The van der Waals surface area contributed by atoms with Crippen molar-refractivity contribution >= 4 is 0 Å². The number of hydrogen-bond acceptors (Lipinski definition) is 1. The van der Waals surface area contributed by atoms with Crippen LogP contribution in [0, 0.1) is 6.07 Å². The van der Waals surface area contributed by atoms with Gasteiger partial charge in [0.2, 0.25) is 0 Å². The Morgan fingerprint density at radius 1 is 1.55 bits per heavy atom. The topological polar surface area (TPSA) is 12.0 Å². The third-order valence-electron chi connectivity index (χ3n) is 1.49. The first-order valence-electron chi connectivity index (χ1n) is 3.97. The molecule has 11 heavy (non-hydrogen) atoms. The van der Waals surface area contributed by atoms with Gasteiger partial charge >= 0.3 is 0 Å². The Labute approximate surface area is 68.4 Å². The Morgan fingerprint density at radius 2 is 2.36 bits per heavy atom. The molecule has 0 saturated heterocycles. The van der Waals surface area contributed by atoms with E-state index in [-0.39, 0.29) is 0 Å². The average Bonchev–Trinajstić information content (AvgIpc) is 2.03. The second kappa shape index (κ2) is 4.14. The molecule has 1 aromatic rings. The van der Waals surface area contributed by atoms with Crippen molar-refractivity contribution in [1.29, 1.82) is 0 Å². The summed E-state index contributed by atoms with van der Waals surface area (Å²) < 4.78 is 0. The van der Waals surface area contributed by atoms with Crippen molar-refractivity contribution in [3.63, 3.8) is 0 Å². The van der Waals surface area contributed by atoms with Crippen LogP contribution in [0.4, 0.5) is 0 Å². The van der Waals surface area contributed by atoms with Gasteiger partial charge in [0.05, 0.1) is 0 Å². The highest BCUT2D eigenvalue weighted by molar-refractivity contribution is 5.13. The predicted molar refractivity (Wildman–Crippen MR) is 47.3 cm³/mol. The lowest BCUT2D eigenvalue weighted by atomic mass is 10.2. The van der Waals surface area contributed by atoms with Crippen molar-refractivity contribution in [3.05, 3.63) is 35.9 Å². The van der Waals surface area contributed by atoms with Crippen molar-refractivity contribution in [2.24, 2.45) is 0 Å². The van der Waals surface area contributed by atoms with E-state index in [2.05, 4.69) is 31.3 Å². The minimum absolute atomic E-state index is 0.551. The molecule has 1 heteroatoms. The summed E-state index contributed by atoms with van der Waals surface area (Å²) in [7, 11) is 0. The van der Waals surface area contributed by atoms with E-state index in [1.807, 2.05) is 18.2 Å². The van der Waals surface area contributed by atoms with Gasteiger partial charge in [-0.25, -0.2) is 0 Å². The standard InChI is InChI=1S/C10H14N/c1-9(2)11-8-10-6-4-3-5-7-10/h3-4,6-7,9,11H,8H2,1-2H3. The van der Waals surface area contributed by atoms with Crippen LogP contribution < -0.4 is 5.32 Å². The zero-order valence-corrected chi connectivity index (χ0v) is 7.09. The summed E-state index contributed by atoms with van der Waals surface area (Å²) in [6.45, 7) is 5.23. The van der Waals surface area contributed by atoms with Crippen LogP contribution in [-0.4, -0.2) is 6.04 Å². The van der Waals surface area contributed by atoms with Gasteiger partial charge in [-0.15, -0.1) is 0 Å². The zero-order chi connectivity index (χ0) is 8.10. The van der Waals surface area contributed by atoms with Gasteiger partial charge in [-0.2, -0.15) is 0 Å². The maximum Gasteiger partial charge on any atom is 0.0208 e. The lowest BCUT2D eigenvalue weighted by molar-refractivity contribution is 0.589. The summed E-state index contributed by atoms with van der Waals surface area (Å²) in [4.78, 5) is 0. The molecule has 1 rings (SSSR count). The lowest BCUT2D eigenvalue weighted by Gasteiger charge is -2.06. The molecular weight excluding hydrogens is 134 g/mol. The van der Waals surface area contributed by atoms with Gasteiger partial charge < -0.3 is 5.32 Å². The van der Waals surface area contributed by atoms with E-state index in [0.29, 0.717) is 6.04 Å². The lowest BCUT2D eigenvalue weighted by Crippen LogP contribution is -2.21. The van der Waals surface area contributed by atoms with E-state index in [9.17, 15) is 0 Å². The first-order chi connectivity index (χ1) is 5.29. The first-order valence-corrected chi connectivity index (χ1v) is 3.97. The highest BCUT2D eigenvalue weighted by Crippen LogP contribution is 1.96. The normalized spacial score (nSPS) is 10.5. The SMILES string of the molecule is CC(C)NCc1c[c]ccc1. The molecule has 0 spiro atoms. The van der Waals surface area contributed by atoms with E-state index in [0.717, 1.165) is 6.54 Å². The van der Waals surface area contributed by atoms with Gasteiger partial charge in [-0.05, 0) is 17.7 Å². The highest BCUT2D eigenvalue weighted by atomic mass is 14.9. The molecule has 1 N–H and O–H groups in total. The smallest absolute Gasteiger partial charge is 0.0208 e. The molecule has 0 bridgehead atoms. The Morgan fingerprint density at radius 3 is 2.91 bits per heavy atom. The number of hydrogen-bond donors (Lipinski definition) is 1. The van der Waals surface area contributed by atoms with Gasteiger partial charge in [0.25, 0.3) is 0 Å². The van der Waals surface area contributed by atoms with Crippen LogP contribution in [0.2, 0.25) is 0 Å². The maximum atomic E-state index is 3.34. The Balaban J connectivity index is 2.39. The van der Waals surface area contributed by atoms with E-state index in [4.69, 9.17) is 0 Å². The summed E-state index contributed by atoms with van der Waals surface area (Å²) in [6.07, 6.45) is 0. The Hall–Kier alpha value is -0.820. The minimum Gasteiger partial charge on any atom is -0.310 e. The van der Waals surface area contributed by atoms with Crippen molar-refractivity contribution in [1.82, 2.24) is 5.32 Å². The fourth-order valence-electron chi connectivity index (χ4n) is 0.862. The molecule has 0 atom stereocenters. The quantitative estimate of drug-likeness (QED) is 0.691. The molecule has 0 saturated carbocycles. The van der Waals surface area contributed by atoms with Gasteiger partial charge in [-0.3, -0.25) is 0 Å². The van der Waals surface area contributed by atoms with Crippen LogP contribution in [0.25, 0.3) is 0 Å². The first kappa shape index (κ1) is 8.28. The van der Waals surface area contributed by atoms with Crippen LogP contribution >= 0.6 is 0 Å². The summed E-state index contributed by atoms with van der Waals surface area (Å²) in [6, 6.07) is 11.6. The monoisotopic (exact) mass is 148 g/mol. The maximum absolute atomic E-state index is 3.34. The van der Waals surface area contributed by atoms with E-state index >= 15 is 0 Å². The summed E-state index contributed by atoms with van der Waals surface area (Å²) in [5.74, 6) is 0. The molecule has 59 valence electrons. The number of nitrogens with one attached hydrogen (secondary N) is 1. The summed E-state index contributed by atoms with van der Waals surface area (Å²) >= 11 is 0. The molecule has 0 amide bonds. The van der Waals surface area contributed by atoms with Crippen LogP contribution in [0.1, 0.15) is 19.4 Å². The fraction of sp³-hybridized carbons (Fsp3) is 0.400. The second-order valence-corrected chi connectivity index (χ2v) is 2.95. The van der Waals surface area contributed by atoms with Crippen molar-refractivity contribution in [3.8, 4) is 0 Å². The van der Waals surface area contributed by atoms with E-state index < -0.39 is 0 Å². The van der Waals surface area contributed by atoms with E-state index in [1.165, 1.54) is 5.56 Å². The van der Waals surface area contributed by atoms with Crippen LogP contribution in [0.5, 0.6) is 0 Å². The predicted octanol–water partition coefficient (Wildman–Crippen LogP) is 1.98. The van der Waals surface area contributed by atoms with E-state index in [1.54, 1.807) is 0 Å². The van der Waals surface area contributed by atoms with Gasteiger partial charge in [0, 0.05) is 12.6 Å². The highest BCUT2D eigenvalue weighted by Gasteiger charge is 1.92. The molecule has 0 aliphatic heterocycles. The van der Waals surface area contributed by atoms with Crippen molar-refractivity contribution in [2.75, 3.05) is 0 Å². The molecule has 1 nitrogen and oxygen atoms in total. The Bertz CT molecular complexity index is 191. The van der Waals surface area contributed by atoms with Gasteiger partial charge in [-0.1, -0.05) is 32.0 Å². The Kier molecular flexibility index (Phi) is 3.12. The number of benzene rings is 1. The van der Waals surface area contributed by atoms with Gasteiger partial charge in [0.1, 0.15) is 0 Å². The van der Waals surface area contributed by atoms with Crippen molar-refractivity contribution < 1.29 is 0 Å². The number of rotatable bonds is 3. The molecular formula is C10H14N. The van der Waals surface area contributed by atoms with Crippen LogP contribution in [-0.2, 0) is 6.54 Å². The second-order valence-electron chi connectivity index (χ2n) is 2.95. The molecule has 0 fully saturated rings. The zero-order valence-electron chi connectivity index (χ0n) is 7.09. The largest absolute Gasteiger partial charge is 0.310 e. The molecule has 0 aliphatic carbocycles. The van der Waals surface area contributed by atoms with Gasteiger partial charge in [0.15, 0.2) is 0 Å². The third kappa shape index (κ3) is 3.19.